The second kappa shape index (κ2) is 8.39. The fourth-order valence-electron chi connectivity index (χ4n) is 3.91. The Morgan fingerprint density at radius 2 is 2.07 bits per heavy atom. The molecule has 152 valence electrons. The van der Waals surface area contributed by atoms with Crippen molar-refractivity contribution in [3.8, 4) is 5.69 Å². The number of benzene rings is 1. The first-order valence-corrected chi connectivity index (χ1v) is 10.2. The third kappa shape index (κ3) is 4.50. The molecule has 28 heavy (non-hydrogen) atoms. The number of anilines is 1. The summed E-state index contributed by atoms with van der Waals surface area (Å²) < 4.78 is 14.9. The molecule has 0 radical (unpaired) electrons. The number of rotatable bonds is 4. The Morgan fingerprint density at radius 3 is 2.75 bits per heavy atom. The quantitative estimate of drug-likeness (QED) is 0.791. The molecule has 3 rings (SSSR count). The maximum atomic E-state index is 13.5. The fraction of sp³-hybridized carbons (Fsp3) is 0.500. The molecule has 1 aromatic carbocycles. The van der Waals surface area contributed by atoms with Crippen LogP contribution in [-0.4, -0.2) is 34.4 Å². The van der Waals surface area contributed by atoms with Gasteiger partial charge in [-0.15, -0.1) is 0 Å². The van der Waals surface area contributed by atoms with Gasteiger partial charge in [0.2, 0.25) is 0 Å². The van der Waals surface area contributed by atoms with E-state index in [1.807, 2.05) is 0 Å². The predicted octanol–water partition coefficient (Wildman–Crippen LogP) is 4.28. The lowest BCUT2D eigenvalue weighted by molar-refractivity contribution is 0.242. The van der Waals surface area contributed by atoms with Gasteiger partial charge in [-0.25, -0.2) is 9.37 Å². The normalized spacial score (nSPS) is 21.4. The van der Waals surface area contributed by atoms with Gasteiger partial charge in [-0.1, -0.05) is 29.3 Å². The maximum Gasteiger partial charge on any atom is 0.260 e. The third-order valence-corrected chi connectivity index (χ3v) is 6.05. The summed E-state index contributed by atoms with van der Waals surface area (Å²) in [5, 5.41) is 0.690. The SMILES string of the molecule is Cc1nc(N2CCC[C@](N)(CC(C)F)CC2)cc(=O)n1-c1cccc(Cl)c1Cl. The molecule has 0 bridgehead atoms. The van der Waals surface area contributed by atoms with Crippen LogP contribution >= 0.6 is 23.2 Å². The fourth-order valence-corrected chi connectivity index (χ4v) is 4.29. The summed E-state index contributed by atoms with van der Waals surface area (Å²) in [4.78, 5) is 19.5. The Kier molecular flexibility index (Phi) is 6.32. The first-order chi connectivity index (χ1) is 13.2. The minimum Gasteiger partial charge on any atom is -0.356 e. The van der Waals surface area contributed by atoms with Crippen molar-refractivity contribution in [3.63, 3.8) is 0 Å². The Hall–Kier alpha value is -1.63. The Morgan fingerprint density at radius 1 is 1.32 bits per heavy atom. The standard InChI is InChI=1S/C20H25Cl2FN4O/c1-13(23)12-20(24)7-4-9-26(10-8-20)17-11-18(28)27(14(2)25-17)16-6-3-5-15(21)19(16)22/h3,5-6,11,13H,4,7-10,12,24H2,1-2H3/t13?,20-/m1/s1. The number of halogens is 3. The van der Waals surface area contributed by atoms with Crippen molar-refractivity contribution in [1.82, 2.24) is 9.55 Å². The van der Waals surface area contributed by atoms with Crippen LogP contribution in [0.4, 0.5) is 10.2 Å². The van der Waals surface area contributed by atoms with E-state index in [2.05, 4.69) is 9.88 Å². The molecule has 1 saturated heterocycles. The van der Waals surface area contributed by atoms with Crippen LogP contribution in [-0.2, 0) is 0 Å². The van der Waals surface area contributed by atoms with Gasteiger partial charge >= 0.3 is 0 Å². The smallest absolute Gasteiger partial charge is 0.260 e. The monoisotopic (exact) mass is 426 g/mol. The highest BCUT2D eigenvalue weighted by Crippen LogP contribution is 2.30. The highest BCUT2D eigenvalue weighted by Gasteiger charge is 2.31. The Labute approximate surface area is 174 Å². The first kappa shape index (κ1) is 21.1. The van der Waals surface area contributed by atoms with Crippen LogP contribution in [0.2, 0.25) is 10.0 Å². The van der Waals surface area contributed by atoms with E-state index >= 15 is 0 Å². The molecule has 1 aromatic heterocycles. The molecule has 1 aliphatic heterocycles. The van der Waals surface area contributed by atoms with Crippen LogP contribution in [0, 0.1) is 6.92 Å². The van der Waals surface area contributed by atoms with E-state index < -0.39 is 11.7 Å². The van der Waals surface area contributed by atoms with Gasteiger partial charge in [0.1, 0.15) is 11.6 Å². The third-order valence-electron chi connectivity index (χ3n) is 5.24. The summed E-state index contributed by atoms with van der Waals surface area (Å²) in [6.07, 6.45) is 1.66. The van der Waals surface area contributed by atoms with E-state index in [9.17, 15) is 9.18 Å². The summed E-state index contributed by atoms with van der Waals surface area (Å²) in [5.74, 6) is 1.13. The number of alkyl halides is 1. The Balaban J connectivity index is 1.89. The highest BCUT2D eigenvalue weighted by molar-refractivity contribution is 6.43. The van der Waals surface area contributed by atoms with Crippen molar-refractivity contribution in [2.45, 2.75) is 51.2 Å². The molecule has 0 amide bonds. The van der Waals surface area contributed by atoms with Crippen LogP contribution in [0.25, 0.3) is 5.69 Å². The predicted molar refractivity (Wildman–Crippen MR) is 113 cm³/mol. The average Bonchev–Trinajstić information content (AvgIpc) is 2.79. The van der Waals surface area contributed by atoms with Crippen LogP contribution in [0.5, 0.6) is 0 Å². The molecule has 1 unspecified atom stereocenters. The second-order valence-electron chi connectivity index (χ2n) is 7.60. The van der Waals surface area contributed by atoms with Gasteiger partial charge in [0.15, 0.2) is 0 Å². The largest absolute Gasteiger partial charge is 0.356 e. The maximum absolute atomic E-state index is 13.5. The molecule has 2 aromatic rings. The van der Waals surface area contributed by atoms with Crippen LogP contribution in [0.1, 0.15) is 38.4 Å². The molecule has 1 fully saturated rings. The van der Waals surface area contributed by atoms with E-state index in [0.717, 1.165) is 19.4 Å². The molecule has 2 heterocycles. The zero-order chi connectivity index (χ0) is 20.5. The van der Waals surface area contributed by atoms with Gasteiger partial charge in [-0.05, 0) is 51.7 Å². The lowest BCUT2D eigenvalue weighted by atomic mass is 9.87. The van der Waals surface area contributed by atoms with E-state index in [1.54, 1.807) is 32.0 Å². The van der Waals surface area contributed by atoms with Gasteiger partial charge in [-0.3, -0.25) is 9.36 Å². The van der Waals surface area contributed by atoms with Crippen molar-refractivity contribution in [2.75, 3.05) is 18.0 Å². The summed E-state index contributed by atoms with van der Waals surface area (Å²) in [6, 6.07) is 6.65. The van der Waals surface area contributed by atoms with Crippen LogP contribution < -0.4 is 16.2 Å². The lowest BCUT2D eigenvalue weighted by Crippen LogP contribution is -2.42. The van der Waals surface area contributed by atoms with Crippen molar-refractivity contribution in [3.05, 3.63) is 50.5 Å². The molecule has 2 N–H and O–H groups in total. The van der Waals surface area contributed by atoms with Crippen LogP contribution in [0.3, 0.4) is 0 Å². The van der Waals surface area contributed by atoms with Crippen molar-refractivity contribution in [1.29, 1.82) is 0 Å². The highest BCUT2D eigenvalue weighted by atomic mass is 35.5. The van der Waals surface area contributed by atoms with Crippen molar-refractivity contribution >= 4 is 29.0 Å². The van der Waals surface area contributed by atoms with Gasteiger partial charge in [0.25, 0.3) is 5.56 Å². The molecule has 0 spiro atoms. The second-order valence-corrected chi connectivity index (χ2v) is 8.38. The average molecular weight is 427 g/mol. The number of aromatic nitrogens is 2. The van der Waals surface area contributed by atoms with Crippen molar-refractivity contribution in [2.24, 2.45) is 5.73 Å². The van der Waals surface area contributed by atoms with E-state index in [4.69, 9.17) is 28.9 Å². The molecule has 0 aliphatic carbocycles. The zero-order valence-electron chi connectivity index (χ0n) is 16.1. The lowest BCUT2D eigenvalue weighted by Gasteiger charge is -2.29. The van der Waals surface area contributed by atoms with Crippen molar-refractivity contribution < 1.29 is 4.39 Å². The van der Waals surface area contributed by atoms with Crippen LogP contribution in [0.15, 0.2) is 29.1 Å². The number of nitrogens with two attached hydrogens (primary N) is 1. The topological polar surface area (TPSA) is 64.2 Å². The molecular formula is C20H25Cl2FN4O. The van der Waals surface area contributed by atoms with Gasteiger partial charge in [0.05, 0.1) is 21.9 Å². The molecule has 0 saturated carbocycles. The number of nitrogens with zero attached hydrogens (tertiary/aromatic N) is 3. The summed E-state index contributed by atoms with van der Waals surface area (Å²) in [7, 11) is 0. The van der Waals surface area contributed by atoms with E-state index in [0.29, 0.717) is 46.8 Å². The van der Waals surface area contributed by atoms with Gasteiger partial charge in [0, 0.05) is 24.7 Å². The zero-order valence-corrected chi connectivity index (χ0v) is 17.6. The summed E-state index contributed by atoms with van der Waals surface area (Å²) in [5.41, 5.74) is 6.17. The first-order valence-electron chi connectivity index (χ1n) is 9.43. The minimum atomic E-state index is -0.928. The molecule has 1 aliphatic rings. The Bertz CT molecular complexity index is 918. The molecular weight excluding hydrogens is 402 g/mol. The van der Waals surface area contributed by atoms with Gasteiger partial charge in [-0.2, -0.15) is 0 Å². The number of hydrogen-bond acceptors (Lipinski definition) is 4. The van der Waals surface area contributed by atoms with E-state index in [1.165, 1.54) is 10.6 Å². The number of aryl methyl sites for hydroxylation is 1. The molecule has 8 heteroatoms. The molecule has 2 atom stereocenters. The van der Waals surface area contributed by atoms with E-state index in [-0.39, 0.29) is 5.56 Å². The van der Waals surface area contributed by atoms with Gasteiger partial charge < -0.3 is 10.6 Å². The number of hydrogen-bond donors (Lipinski definition) is 1. The summed E-state index contributed by atoms with van der Waals surface area (Å²) >= 11 is 12.4. The summed E-state index contributed by atoms with van der Waals surface area (Å²) in [6.45, 7) is 4.67. The molecule has 5 nitrogen and oxygen atoms in total. The minimum absolute atomic E-state index is 0.229.